The predicted octanol–water partition coefficient (Wildman–Crippen LogP) is 3.77. The maximum absolute atomic E-state index is 6.06. The van der Waals surface area contributed by atoms with Gasteiger partial charge in [-0.15, -0.1) is 0 Å². The molecule has 0 spiro atoms. The van der Waals surface area contributed by atoms with Crippen LogP contribution in [0.5, 0.6) is 0 Å². The Labute approximate surface area is 162 Å². The van der Waals surface area contributed by atoms with Crippen LogP contribution in [0, 0.1) is 0 Å². The van der Waals surface area contributed by atoms with Gasteiger partial charge in [0.15, 0.2) is 0 Å². The van der Waals surface area contributed by atoms with Crippen LogP contribution < -0.4 is 16.0 Å². The Hall–Kier alpha value is -1.65. The van der Waals surface area contributed by atoms with Gasteiger partial charge in [0.25, 0.3) is 0 Å². The van der Waals surface area contributed by atoms with Gasteiger partial charge in [0.1, 0.15) is 0 Å². The fourth-order valence-electron chi connectivity index (χ4n) is 5.63. The van der Waals surface area contributed by atoms with Gasteiger partial charge >= 0.3 is 0 Å². The minimum Gasteiger partial charge on any atom is -0.368 e. The highest BCUT2D eigenvalue weighted by atomic mass is 15.2. The summed E-state index contributed by atoms with van der Waals surface area (Å²) in [4.78, 5) is 7.13. The second-order valence-corrected chi connectivity index (χ2v) is 8.90. The van der Waals surface area contributed by atoms with Crippen molar-refractivity contribution in [2.45, 2.75) is 82.0 Å². The van der Waals surface area contributed by atoms with E-state index in [0.29, 0.717) is 24.2 Å². The second kappa shape index (κ2) is 7.40. The standard InChI is InChI=1S/C23H32N4/c24-18-4-6-19(7-5-18)26-20-8-10-21(11-9-20)27-13-12-17-15-25-14-16-2-1-3-22(27)23(16)17/h1-3,14-15,18-21,26H,4-13,24H2. The summed E-state index contributed by atoms with van der Waals surface area (Å²) in [6.07, 6.45) is 15.4. The molecule has 144 valence electrons. The number of hydrogen-bond donors (Lipinski definition) is 2. The summed E-state index contributed by atoms with van der Waals surface area (Å²) >= 11 is 0. The van der Waals surface area contributed by atoms with Crippen molar-refractivity contribution in [3.8, 4) is 0 Å². The van der Waals surface area contributed by atoms with Crippen LogP contribution in [0.25, 0.3) is 10.8 Å². The normalized spacial score (nSPS) is 31.2. The van der Waals surface area contributed by atoms with Crippen LogP contribution in [-0.4, -0.2) is 35.7 Å². The molecule has 4 heteroatoms. The number of aromatic nitrogens is 1. The van der Waals surface area contributed by atoms with E-state index in [2.05, 4.69) is 39.6 Å². The molecule has 4 nitrogen and oxygen atoms in total. The molecule has 1 aromatic carbocycles. The largest absolute Gasteiger partial charge is 0.368 e. The smallest absolute Gasteiger partial charge is 0.0452 e. The highest BCUT2D eigenvalue weighted by molar-refractivity contribution is 5.97. The fourth-order valence-corrected chi connectivity index (χ4v) is 5.63. The number of nitrogens with one attached hydrogen (secondary N) is 1. The van der Waals surface area contributed by atoms with E-state index >= 15 is 0 Å². The van der Waals surface area contributed by atoms with Crippen molar-refractivity contribution in [3.05, 3.63) is 36.2 Å². The molecule has 2 heterocycles. The van der Waals surface area contributed by atoms with E-state index in [1.54, 1.807) is 0 Å². The van der Waals surface area contributed by atoms with Gasteiger partial charge in [-0.3, -0.25) is 4.98 Å². The van der Waals surface area contributed by atoms with Gasteiger partial charge in [0, 0.05) is 59.6 Å². The van der Waals surface area contributed by atoms with Gasteiger partial charge in [0.2, 0.25) is 0 Å². The van der Waals surface area contributed by atoms with Gasteiger partial charge in [-0.25, -0.2) is 0 Å². The number of pyridine rings is 1. The molecule has 3 N–H and O–H groups in total. The average molecular weight is 365 g/mol. The van der Waals surface area contributed by atoms with Crippen LogP contribution >= 0.6 is 0 Å². The number of anilines is 1. The van der Waals surface area contributed by atoms with Crippen LogP contribution in [0.1, 0.15) is 56.9 Å². The zero-order valence-corrected chi connectivity index (χ0v) is 16.2. The Morgan fingerprint density at radius 2 is 1.67 bits per heavy atom. The first kappa shape index (κ1) is 17.4. The summed E-state index contributed by atoms with van der Waals surface area (Å²) in [7, 11) is 0. The summed E-state index contributed by atoms with van der Waals surface area (Å²) in [5.74, 6) is 0. The lowest BCUT2D eigenvalue weighted by Crippen LogP contribution is -2.47. The number of hydrogen-bond acceptors (Lipinski definition) is 4. The van der Waals surface area contributed by atoms with Gasteiger partial charge in [-0.05, 0) is 69.4 Å². The molecule has 3 aliphatic rings. The fraction of sp³-hybridized carbons (Fsp3) is 0.609. The first-order valence-electron chi connectivity index (χ1n) is 10.9. The van der Waals surface area contributed by atoms with Crippen LogP contribution in [0.2, 0.25) is 0 Å². The molecular weight excluding hydrogens is 332 g/mol. The third kappa shape index (κ3) is 3.45. The molecule has 5 rings (SSSR count). The van der Waals surface area contributed by atoms with Crippen molar-refractivity contribution in [3.63, 3.8) is 0 Å². The van der Waals surface area contributed by atoms with E-state index in [0.717, 1.165) is 13.0 Å². The van der Waals surface area contributed by atoms with Crippen LogP contribution in [0.3, 0.4) is 0 Å². The van der Waals surface area contributed by atoms with E-state index < -0.39 is 0 Å². The topological polar surface area (TPSA) is 54.2 Å². The summed E-state index contributed by atoms with van der Waals surface area (Å²) in [5, 5.41) is 6.69. The maximum Gasteiger partial charge on any atom is 0.0452 e. The Balaban J connectivity index is 1.25. The highest BCUT2D eigenvalue weighted by Gasteiger charge is 2.30. The number of rotatable bonds is 3. The third-order valence-electron chi connectivity index (χ3n) is 7.15. The van der Waals surface area contributed by atoms with Crippen molar-refractivity contribution < 1.29 is 0 Å². The van der Waals surface area contributed by atoms with Crippen LogP contribution in [0.15, 0.2) is 30.6 Å². The van der Waals surface area contributed by atoms with Crippen molar-refractivity contribution >= 4 is 16.5 Å². The second-order valence-electron chi connectivity index (χ2n) is 8.90. The molecule has 2 aromatic rings. The lowest BCUT2D eigenvalue weighted by molar-refractivity contribution is 0.265. The van der Waals surface area contributed by atoms with Crippen molar-refractivity contribution in [1.82, 2.24) is 10.3 Å². The van der Waals surface area contributed by atoms with Crippen molar-refractivity contribution in [1.29, 1.82) is 0 Å². The van der Waals surface area contributed by atoms with Gasteiger partial charge < -0.3 is 16.0 Å². The number of benzene rings is 1. The third-order valence-corrected chi connectivity index (χ3v) is 7.15. The Kier molecular flexibility index (Phi) is 4.78. The summed E-state index contributed by atoms with van der Waals surface area (Å²) < 4.78 is 0. The number of nitrogens with zero attached hydrogens (tertiary/aromatic N) is 2. The first-order chi connectivity index (χ1) is 13.3. The Morgan fingerprint density at radius 3 is 2.44 bits per heavy atom. The molecule has 2 aliphatic carbocycles. The monoisotopic (exact) mass is 364 g/mol. The van der Waals surface area contributed by atoms with Crippen molar-refractivity contribution in [2.75, 3.05) is 11.4 Å². The van der Waals surface area contributed by atoms with E-state index in [9.17, 15) is 0 Å². The van der Waals surface area contributed by atoms with E-state index in [1.165, 1.54) is 73.4 Å². The van der Waals surface area contributed by atoms with E-state index in [4.69, 9.17) is 5.73 Å². The predicted molar refractivity (Wildman–Crippen MR) is 112 cm³/mol. The molecule has 0 radical (unpaired) electrons. The minimum atomic E-state index is 0.443. The molecule has 1 aliphatic heterocycles. The minimum absolute atomic E-state index is 0.443. The highest BCUT2D eigenvalue weighted by Crippen LogP contribution is 2.37. The molecule has 0 saturated heterocycles. The Bertz CT molecular complexity index is 783. The lowest BCUT2D eigenvalue weighted by Gasteiger charge is -2.42. The Morgan fingerprint density at radius 1 is 0.926 bits per heavy atom. The quantitative estimate of drug-likeness (QED) is 0.870. The number of nitrogens with two attached hydrogens (primary N) is 1. The zero-order valence-electron chi connectivity index (χ0n) is 16.2. The van der Waals surface area contributed by atoms with Crippen molar-refractivity contribution in [2.24, 2.45) is 5.73 Å². The van der Waals surface area contributed by atoms with E-state index in [-0.39, 0.29) is 0 Å². The summed E-state index contributed by atoms with van der Waals surface area (Å²) in [6.45, 7) is 1.14. The summed E-state index contributed by atoms with van der Waals surface area (Å²) in [6, 6.07) is 9.26. The molecule has 2 fully saturated rings. The molecule has 0 amide bonds. The molecule has 1 aromatic heterocycles. The molecule has 27 heavy (non-hydrogen) atoms. The average Bonchev–Trinajstić information content (AvgIpc) is 2.71. The maximum atomic E-state index is 6.06. The molecular formula is C23H32N4. The van der Waals surface area contributed by atoms with Crippen LogP contribution in [-0.2, 0) is 6.42 Å². The van der Waals surface area contributed by atoms with Crippen LogP contribution in [0.4, 0.5) is 5.69 Å². The summed E-state index contributed by atoms with van der Waals surface area (Å²) in [5.41, 5.74) is 8.92. The van der Waals surface area contributed by atoms with Gasteiger partial charge in [-0.1, -0.05) is 12.1 Å². The van der Waals surface area contributed by atoms with Gasteiger partial charge in [-0.2, -0.15) is 0 Å². The molecule has 0 unspecified atom stereocenters. The lowest BCUT2D eigenvalue weighted by atomic mass is 9.86. The molecule has 2 saturated carbocycles. The van der Waals surface area contributed by atoms with Gasteiger partial charge in [0.05, 0.1) is 0 Å². The zero-order chi connectivity index (χ0) is 18.2. The first-order valence-corrected chi connectivity index (χ1v) is 10.9. The SMILES string of the molecule is NC1CCC(NC2CCC(N3CCc4cncc5cccc3c45)CC2)CC1. The van der Waals surface area contributed by atoms with E-state index in [1.807, 2.05) is 6.20 Å². The molecule has 0 bridgehead atoms. The molecule has 0 atom stereocenters.